The number of benzene rings is 1. The molecule has 0 bridgehead atoms. The Morgan fingerprint density at radius 1 is 1.39 bits per heavy atom. The zero-order chi connectivity index (χ0) is 12.5. The van der Waals surface area contributed by atoms with Gasteiger partial charge in [-0.25, -0.2) is 4.98 Å². The number of fused-ring (bicyclic) bond motifs is 1. The fourth-order valence-corrected chi connectivity index (χ4v) is 3.89. The first kappa shape index (κ1) is 11.9. The summed E-state index contributed by atoms with van der Waals surface area (Å²) in [6, 6.07) is 8.73. The van der Waals surface area contributed by atoms with Gasteiger partial charge in [-0.3, -0.25) is 0 Å². The molecule has 2 aromatic rings. The number of nitrogens with one attached hydrogen (secondary N) is 1. The van der Waals surface area contributed by atoms with Crippen molar-refractivity contribution in [2.45, 2.75) is 32.2 Å². The molecule has 18 heavy (non-hydrogen) atoms. The van der Waals surface area contributed by atoms with Crippen molar-refractivity contribution < 1.29 is 0 Å². The van der Waals surface area contributed by atoms with Crippen LogP contribution in [0.2, 0.25) is 0 Å². The molecule has 2 nitrogen and oxygen atoms in total. The first-order chi connectivity index (χ1) is 8.83. The molecule has 1 aliphatic rings. The highest BCUT2D eigenvalue weighted by molar-refractivity contribution is 7.11. The molecule has 94 valence electrons. The van der Waals surface area contributed by atoms with E-state index >= 15 is 0 Å². The maximum atomic E-state index is 4.85. The molecule has 0 radical (unpaired) electrons. The summed E-state index contributed by atoms with van der Waals surface area (Å²) in [6.07, 6.45) is 2.19. The average Bonchev–Trinajstić information content (AvgIpc) is 2.74. The lowest BCUT2D eigenvalue weighted by Crippen LogP contribution is -2.17. The van der Waals surface area contributed by atoms with Crippen molar-refractivity contribution in [2.24, 2.45) is 0 Å². The van der Waals surface area contributed by atoms with Crippen molar-refractivity contribution in [3.8, 4) is 0 Å². The largest absolute Gasteiger partial charge is 0.315 e. The Labute approximate surface area is 112 Å². The Bertz CT molecular complexity index is 559. The lowest BCUT2D eigenvalue weighted by atomic mass is 9.78. The molecule has 0 saturated heterocycles. The fourth-order valence-electron chi connectivity index (χ4n) is 2.61. The molecular formula is C15H18N2S. The van der Waals surface area contributed by atoms with E-state index in [1.807, 2.05) is 18.4 Å². The van der Waals surface area contributed by atoms with Gasteiger partial charge in [-0.15, -0.1) is 11.3 Å². The van der Waals surface area contributed by atoms with Gasteiger partial charge in [0.25, 0.3) is 0 Å². The Morgan fingerprint density at radius 3 is 2.94 bits per heavy atom. The molecule has 1 N–H and O–H groups in total. The molecule has 1 heterocycles. The molecular weight excluding hydrogens is 240 g/mol. The van der Waals surface area contributed by atoms with Gasteiger partial charge in [0.2, 0.25) is 0 Å². The van der Waals surface area contributed by atoms with E-state index in [0.29, 0.717) is 5.92 Å². The molecule has 1 atom stereocenters. The minimum absolute atomic E-state index is 0.544. The van der Waals surface area contributed by atoms with Crippen LogP contribution in [-0.2, 0) is 19.4 Å². The normalized spacial score (nSPS) is 17.3. The molecule has 3 rings (SSSR count). The van der Waals surface area contributed by atoms with Crippen molar-refractivity contribution in [1.82, 2.24) is 10.3 Å². The van der Waals surface area contributed by atoms with Crippen molar-refractivity contribution in [1.29, 1.82) is 0 Å². The van der Waals surface area contributed by atoms with Gasteiger partial charge in [0.15, 0.2) is 0 Å². The minimum atomic E-state index is 0.544. The van der Waals surface area contributed by atoms with Crippen LogP contribution in [-0.4, -0.2) is 12.0 Å². The van der Waals surface area contributed by atoms with E-state index in [2.05, 4.69) is 36.5 Å². The monoisotopic (exact) mass is 258 g/mol. The fraction of sp³-hybridized carbons (Fsp3) is 0.400. The zero-order valence-corrected chi connectivity index (χ0v) is 11.7. The predicted octanol–water partition coefficient (Wildman–Crippen LogP) is 3.11. The summed E-state index contributed by atoms with van der Waals surface area (Å²) in [4.78, 5) is 6.25. The van der Waals surface area contributed by atoms with Gasteiger partial charge in [-0.2, -0.15) is 0 Å². The van der Waals surface area contributed by atoms with E-state index in [0.717, 1.165) is 19.4 Å². The standard InChI is InChI=1S/C15H18N2S/c1-3-13-14(9-16-2)18-15(17-13)12-8-10-6-4-5-7-11(10)12/h4-7,12,16H,3,8-9H2,1-2H3. The molecule has 1 aromatic carbocycles. The minimum Gasteiger partial charge on any atom is -0.315 e. The third-order valence-corrected chi connectivity index (χ3v) is 4.83. The SMILES string of the molecule is CCc1nc(C2Cc3ccccc32)sc1CNC. The number of hydrogen-bond donors (Lipinski definition) is 1. The Hall–Kier alpha value is -1.19. The van der Waals surface area contributed by atoms with Gasteiger partial charge in [0.05, 0.1) is 5.69 Å². The van der Waals surface area contributed by atoms with Crippen LogP contribution in [0.1, 0.15) is 39.5 Å². The second-order valence-corrected chi connectivity index (χ2v) is 5.88. The lowest BCUT2D eigenvalue weighted by molar-refractivity contribution is 0.698. The van der Waals surface area contributed by atoms with E-state index < -0.39 is 0 Å². The predicted molar refractivity (Wildman–Crippen MR) is 76.2 cm³/mol. The first-order valence-corrected chi connectivity index (χ1v) is 7.36. The molecule has 1 aliphatic carbocycles. The summed E-state index contributed by atoms with van der Waals surface area (Å²) in [5.74, 6) is 0.544. The molecule has 3 heteroatoms. The van der Waals surface area contributed by atoms with Crippen LogP contribution < -0.4 is 5.32 Å². The van der Waals surface area contributed by atoms with Crippen molar-refractivity contribution in [3.63, 3.8) is 0 Å². The molecule has 1 unspecified atom stereocenters. The summed E-state index contributed by atoms with van der Waals surface area (Å²) < 4.78 is 0. The van der Waals surface area contributed by atoms with Gasteiger partial charge in [-0.05, 0) is 31.0 Å². The maximum absolute atomic E-state index is 4.85. The van der Waals surface area contributed by atoms with Crippen LogP contribution in [0.4, 0.5) is 0 Å². The summed E-state index contributed by atoms with van der Waals surface area (Å²) in [7, 11) is 2.00. The molecule has 1 aromatic heterocycles. The van der Waals surface area contributed by atoms with Crippen molar-refractivity contribution >= 4 is 11.3 Å². The molecule has 0 spiro atoms. The molecule has 0 amide bonds. The average molecular weight is 258 g/mol. The van der Waals surface area contributed by atoms with Crippen LogP contribution in [0.15, 0.2) is 24.3 Å². The third-order valence-electron chi connectivity index (χ3n) is 3.62. The van der Waals surface area contributed by atoms with Crippen LogP contribution in [0, 0.1) is 0 Å². The molecule has 0 saturated carbocycles. The molecule has 0 aliphatic heterocycles. The maximum Gasteiger partial charge on any atom is 0.101 e. The Balaban J connectivity index is 1.91. The number of aryl methyl sites for hydroxylation is 1. The summed E-state index contributed by atoms with van der Waals surface area (Å²) >= 11 is 1.88. The number of rotatable bonds is 4. The van der Waals surface area contributed by atoms with Gasteiger partial charge in [0, 0.05) is 17.3 Å². The van der Waals surface area contributed by atoms with E-state index in [9.17, 15) is 0 Å². The first-order valence-electron chi connectivity index (χ1n) is 6.54. The van der Waals surface area contributed by atoms with Crippen molar-refractivity contribution in [3.05, 3.63) is 51.0 Å². The summed E-state index contributed by atoms with van der Waals surface area (Å²) in [6.45, 7) is 3.13. The highest BCUT2D eigenvalue weighted by atomic mass is 32.1. The number of hydrogen-bond acceptors (Lipinski definition) is 3. The topological polar surface area (TPSA) is 24.9 Å². The molecule has 0 fully saturated rings. The number of thiazole rings is 1. The van der Waals surface area contributed by atoms with Gasteiger partial charge in [0.1, 0.15) is 5.01 Å². The summed E-state index contributed by atoms with van der Waals surface area (Å²) in [5.41, 5.74) is 4.24. The highest BCUT2D eigenvalue weighted by Crippen LogP contribution is 2.42. The summed E-state index contributed by atoms with van der Waals surface area (Å²) in [5, 5.41) is 4.54. The highest BCUT2D eigenvalue weighted by Gasteiger charge is 2.30. The van der Waals surface area contributed by atoms with E-state index in [1.54, 1.807) is 0 Å². The van der Waals surface area contributed by atoms with Gasteiger partial charge in [-0.1, -0.05) is 31.2 Å². The lowest BCUT2D eigenvalue weighted by Gasteiger charge is -2.28. The van der Waals surface area contributed by atoms with Gasteiger partial charge < -0.3 is 5.32 Å². The van der Waals surface area contributed by atoms with E-state index in [-0.39, 0.29) is 0 Å². The van der Waals surface area contributed by atoms with E-state index in [4.69, 9.17) is 4.98 Å². The van der Waals surface area contributed by atoms with Crippen molar-refractivity contribution in [2.75, 3.05) is 7.05 Å². The van der Waals surface area contributed by atoms with E-state index in [1.165, 1.54) is 26.7 Å². The third kappa shape index (κ3) is 1.88. The Kier molecular flexibility index (Phi) is 3.18. The second-order valence-electron chi connectivity index (χ2n) is 4.76. The second kappa shape index (κ2) is 4.82. The van der Waals surface area contributed by atoms with Gasteiger partial charge >= 0.3 is 0 Å². The Morgan fingerprint density at radius 2 is 2.22 bits per heavy atom. The number of nitrogens with zero attached hydrogens (tertiary/aromatic N) is 1. The number of aromatic nitrogens is 1. The van der Waals surface area contributed by atoms with Crippen LogP contribution >= 0.6 is 11.3 Å². The zero-order valence-electron chi connectivity index (χ0n) is 10.9. The quantitative estimate of drug-likeness (QED) is 0.911. The van der Waals surface area contributed by atoms with Crippen LogP contribution in [0.3, 0.4) is 0 Å². The van der Waals surface area contributed by atoms with Crippen LogP contribution in [0.25, 0.3) is 0 Å². The smallest absolute Gasteiger partial charge is 0.101 e. The van der Waals surface area contributed by atoms with Crippen LogP contribution in [0.5, 0.6) is 0 Å².